The third-order valence-electron chi connectivity index (χ3n) is 1.63. The van der Waals surface area contributed by atoms with E-state index in [4.69, 9.17) is 9.26 Å². The number of rotatable bonds is 2. The van der Waals surface area contributed by atoms with Crippen molar-refractivity contribution in [2.24, 2.45) is 0 Å². The molecular weight excluding hydrogens is 160 g/mol. The molecule has 2 heterocycles. The van der Waals surface area contributed by atoms with Crippen LogP contribution in [0.15, 0.2) is 10.9 Å². The predicted octanol–water partition coefficient (Wildman–Crippen LogP) is -0.271. The summed E-state index contributed by atoms with van der Waals surface area (Å²) in [7, 11) is 0. The van der Waals surface area contributed by atoms with Crippen LogP contribution in [-0.2, 0) is 4.74 Å². The topological polar surface area (TPSA) is 63.4 Å². The lowest BCUT2D eigenvalue weighted by molar-refractivity contribution is 0.0480. The molecule has 66 valence electrons. The number of hydrazine groups is 1. The van der Waals surface area contributed by atoms with Gasteiger partial charge in [-0.25, -0.2) is 5.01 Å². The van der Waals surface area contributed by atoms with Crippen molar-refractivity contribution < 1.29 is 9.26 Å². The maximum absolute atomic E-state index is 5.17. The molecule has 0 radical (unpaired) electrons. The third-order valence-corrected chi connectivity index (χ3v) is 1.63. The van der Waals surface area contributed by atoms with Gasteiger partial charge in [-0.2, -0.15) is 4.98 Å². The van der Waals surface area contributed by atoms with E-state index in [-0.39, 0.29) is 0 Å². The van der Waals surface area contributed by atoms with Gasteiger partial charge >= 0.3 is 6.01 Å². The van der Waals surface area contributed by atoms with Gasteiger partial charge in [-0.1, -0.05) is 5.16 Å². The second-order valence-electron chi connectivity index (χ2n) is 2.46. The maximum Gasteiger partial charge on any atom is 0.335 e. The van der Waals surface area contributed by atoms with Gasteiger partial charge in [0, 0.05) is 13.1 Å². The Kier molecular flexibility index (Phi) is 2.19. The summed E-state index contributed by atoms with van der Waals surface area (Å²) in [5, 5.41) is 5.46. The molecule has 1 saturated heterocycles. The first kappa shape index (κ1) is 7.51. The normalized spacial score (nSPS) is 19.3. The Morgan fingerprint density at radius 2 is 2.25 bits per heavy atom. The molecule has 1 aromatic rings. The van der Waals surface area contributed by atoms with Gasteiger partial charge in [0.1, 0.15) is 0 Å². The molecular formula is C6H10N4O2. The van der Waals surface area contributed by atoms with Gasteiger partial charge < -0.3 is 9.26 Å². The summed E-state index contributed by atoms with van der Waals surface area (Å²) in [5.41, 5.74) is 2.97. The van der Waals surface area contributed by atoms with E-state index in [0.717, 1.165) is 26.3 Å². The van der Waals surface area contributed by atoms with Crippen LogP contribution >= 0.6 is 0 Å². The zero-order valence-electron chi connectivity index (χ0n) is 6.56. The molecule has 0 bridgehead atoms. The first-order valence-electron chi connectivity index (χ1n) is 3.81. The smallest absolute Gasteiger partial charge is 0.335 e. The van der Waals surface area contributed by atoms with Crippen molar-refractivity contribution in [3.05, 3.63) is 6.33 Å². The van der Waals surface area contributed by atoms with Gasteiger partial charge in [0.25, 0.3) is 0 Å². The van der Waals surface area contributed by atoms with Crippen molar-refractivity contribution in [2.45, 2.75) is 0 Å². The number of ether oxygens (including phenoxy) is 1. The lowest BCUT2D eigenvalue weighted by Gasteiger charge is -2.25. The zero-order chi connectivity index (χ0) is 8.23. The van der Waals surface area contributed by atoms with Gasteiger partial charge in [-0.3, -0.25) is 5.43 Å². The number of anilines is 1. The summed E-state index contributed by atoms with van der Waals surface area (Å²) >= 11 is 0. The first-order chi connectivity index (χ1) is 5.95. The Hall–Kier alpha value is -1.14. The number of hydrogen-bond acceptors (Lipinski definition) is 6. The molecule has 0 saturated carbocycles. The minimum atomic E-state index is 0.428. The Labute approximate surface area is 69.5 Å². The Morgan fingerprint density at radius 3 is 2.92 bits per heavy atom. The lowest BCUT2D eigenvalue weighted by atomic mass is 10.5. The fourth-order valence-corrected chi connectivity index (χ4v) is 1.03. The van der Waals surface area contributed by atoms with Crippen LogP contribution < -0.4 is 5.43 Å². The van der Waals surface area contributed by atoms with Crippen LogP contribution in [0.3, 0.4) is 0 Å². The highest BCUT2D eigenvalue weighted by Crippen LogP contribution is 2.02. The summed E-state index contributed by atoms with van der Waals surface area (Å²) in [4.78, 5) is 3.84. The van der Waals surface area contributed by atoms with Crippen LogP contribution in [0.2, 0.25) is 0 Å². The highest BCUT2D eigenvalue weighted by molar-refractivity contribution is 5.13. The van der Waals surface area contributed by atoms with Crippen LogP contribution in [0.5, 0.6) is 0 Å². The molecule has 0 amide bonds. The van der Waals surface area contributed by atoms with Gasteiger partial charge in [-0.05, 0) is 0 Å². The molecule has 1 aliphatic rings. The highest BCUT2D eigenvalue weighted by atomic mass is 16.5. The van der Waals surface area contributed by atoms with E-state index in [1.54, 1.807) is 0 Å². The lowest BCUT2D eigenvalue weighted by Crippen LogP contribution is -2.40. The fourth-order valence-electron chi connectivity index (χ4n) is 1.03. The Balaban J connectivity index is 1.86. The van der Waals surface area contributed by atoms with Gasteiger partial charge in [0.15, 0.2) is 6.33 Å². The van der Waals surface area contributed by atoms with Crippen LogP contribution in [-0.4, -0.2) is 41.5 Å². The van der Waals surface area contributed by atoms with E-state index in [2.05, 4.69) is 15.6 Å². The average Bonchev–Trinajstić information content (AvgIpc) is 2.59. The molecule has 12 heavy (non-hydrogen) atoms. The fraction of sp³-hybridized carbons (Fsp3) is 0.667. The van der Waals surface area contributed by atoms with Gasteiger partial charge in [0.2, 0.25) is 0 Å². The van der Waals surface area contributed by atoms with Crippen molar-refractivity contribution in [3.8, 4) is 0 Å². The molecule has 0 atom stereocenters. The summed E-state index contributed by atoms with van der Waals surface area (Å²) in [6, 6.07) is 0.428. The van der Waals surface area contributed by atoms with Crippen molar-refractivity contribution in [1.29, 1.82) is 0 Å². The molecule has 1 fully saturated rings. The molecule has 1 aromatic heterocycles. The third kappa shape index (κ3) is 1.72. The Bertz CT molecular complexity index is 219. The molecule has 6 heteroatoms. The first-order valence-corrected chi connectivity index (χ1v) is 3.81. The van der Waals surface area contributed by atoms with E-state index in [9.17, 15) is 0 Å². The molecule has 0 aromatic carbocycles. The molecule has 1 aliphatic heterocycles. The molecule has 6 nitrogen and oxygen atoms in total. The number of hydrogen-bond donors (Lipinski definition) is 1. The zero-order valence-corrected chi connectivity index (χ0v) is 6.56. The van der Waals surface area contributed by atoms with Crippen molar-refractivity contribution in [2.75, 3.05) is 31.7 Å². The van der Waals surface area contributed by atoms with Crippen LogP contribution in [0.25, 0.3) is 0 Å². The minimum Gasteiger partial charge on any atom is -0.379 e. The van der Waals surface area contributed by atoms with E-state index < -0.39 is 0 Å². The van der Waals surface area contributed by atoms with Gasteiger partial charge in [0.05, 0.1) is 13.2 Å². The van der Waals surface area contributed by atoms with Gasteiger partial charge in [-0.15, -0.1) is 0 Å². The van der Waals surface area contributed by atoms with Crippen molar-refractivity contribution in [3.63, 3.8) is 0 Å². The monoisotopic (exact) mass is 170 g/mol. The van der Waals surface area contributed by atoms with Crippen molar-refractivity contribution in [1.82, 2.24) is 15.1 Å². The van der Waals surface area contributed by atoms with Crippen molar-refractivity contribution >= 4 is 6.01 Å². The molecule has 1 N–H and O–H groups in total. The standard InChI is InChI=1S/C6H10N4O2/c1-3-11-4-2-10(1)9-6-7-5-8-12-6/h5H,1-4H2,(H,7,8,9). The van der Waals surface area contributed by atoms with Crippen LogP contribution in [0.4, 0.5) is 6.01 Å². The molecule has 0 aliphatic carbocycles. The quantitative estimate of drug-likeness (QED) is 0.659. The summed E-state index contributed by atoms with van der Waals surface area (Å²) in [6.45, 7) is 3.15. The number of aromatic nitrogens is 2. The second kappa shape index (κ2) is 3.51. The molecule has 0 spiro atoms. The Morgan fingerprint density at radius 1 is 1.42 bits per heavy atom. The second-order valence-corrected chi connectivity index (χ2v) is 2.46. The minimum absolute atomic E-state index is 0.428. The van der Waals surface area contributed by atoms with Crippen LogP contribution in [0, 0.1) is 0 Å². The number of nitrogens with one attached hydrogen (secondary N) is 1. The van der Waals surface area contributed by atoms with E-state index in [1.165, 1.54) is 6.33 Å². The number of morpholine rings is 1. The van der Waals surface area contributed by atoms with E-state index in [1.807, 2.05) is 5.01 Å². The summed E-state index contributed by atoms with van der Waals surface area (Å²) < 4.78 is 9.95. The number of nitrogens with zero attached hydrogens (tertiary/aromatic N) is 3. The van der Waals surface area contributed by atoms with E-state index in [0.29, 0.717) is 6.01 Å². The summed E-state index contributed by atoms with van der Waals surface area (Å²) in [5.74, 6) is 0. The highest BCUT2D eigenvalue weighted by Gasteiger charge is 2.11. The summed E-state index contributed by atoms with van der Waals surface area (Å²) in [6.07, 6.45) is 1.36. The molecule has 2 rings (SSSR count). The van der Waals surface area contributed by atoms with E-state index >= 15 is 0 Å². The SMILES string of the molecule is c1noc(NN2CCOCC2)n1. The predicted molar refractivity (Wildman–Crippen MR) is 40.3 cm³/mol. The average molecular weight is 170 g/mol. The van der Waals surface area contributed by atoms with Crippen LogP contribution in [0.1, 0.15) is 0 Å². The maximum atomic E-state index is 5.17. The molecule has 0 unspecified atom stereocenters. The largest absolute Gasteiger partial charge is 0.379 e.